The number of carbonyl (C=O) groups excluding carboxylic acids is 1. The van der Waals surface area contributed by atoms with Crippen molar-refractivity contribution in [3.05, 3.63) is 40.5 Å². The highest BCUT2D eigenvalue weighted by Crippen LogP contribution is 2.30. The van der Waals surface area contributed by atoms with Gasteiger partial charge in [0.1, 0.15) is 5.15 Å². The lowest BCUT2D eigenvalue weighted by molar-refractivity contribution is 0.0935. The molecule has 4 nitrogen and oxygen atoms in total. The Hall–Kier alpha value is -1.43. The molecule has 2 aliphatic heterocycles. The van der Waals surface area contributed by atoms with Gasteiger partial charge >= 0.3 is 0 Å². The highest BCUT2D eigenvalue weighted by atomic mass is 35.5. The van der Waals surface area contributed by atoms with E-state index in [4.69, 9.17) is 11.6 Å². The van der Waals surface area contributed by atoms with Crippen LogP contribution in [0.3, 0.4) is 0 Å². The summed E-state index contributed by atoms with van der Waals surface area (Å²) in [5.41, 5.74) is 0.982. The van der Waals surface area contributed by atoms with Gasteiger partial charge in [-0.2, -0.15) is 0 Å². The summed E-state index contributed by atoms with van der Waals surface area (Å²) >= 11 is 7.29. The van der Waals surface area contributed by atoms with E-state index < -0.39 is 0 Å². The smallest absolute Gasteiger partial charge is 0.261 e. The third kappa shape index (κ3) is 2.64. The van der Waals surface area contributed by atoms with Gasteiger partial charge < -0.3 is 10.6 Å². The van der Waals surface area contributed by atoms with Crippen molar-refractivity contribution in [1.82, 2.24) is 15.6 Å². The van der Waals surface area contributed by atoms with Gasteiger partial charge in [0.25, 0.3) is 5.91 Å². The molecule has 0 aromatic carbocycles. The van der Waals surface area contributed by atoms with Crippen LogP contribution in [0.2, 0.25) is 5.15 Å². The lowest BCUT2D eigenvalue weighted by Crippen LogP contribution is -2.42. The molecule has 0 saturated carbocycles. The predicted molar refractivity (Wildman–Crippen MR) is 88.4 cm³/mol. The number of nitrogens with one attached hydrogen (secondary N) is 2. The summed E-state index contributed by atoms with van der Waals surface area (Å²) in [4.78, 5) is 18.3. The molecule has 2 fully saturated rings. The molecule has 3 unspecified atom stereocenters. The van der Waals surface area contributed by atoms with E-state index in [1.54, 1.807) is 12.3 Å². The maximum atomic E-state index is 12.4. The number of fused-ring (bicyclic) bond motifs is 2. The minimum atomic E-state index is 0.0255. The third-order valence-corrected chi connectivity index (χ3v) is 5.81. The van der Waals surface area contributed by atoms with Crippen LogP contribution in [0.1, 0.15) is 28.9 Å². The van der Waals surface area contributed by atoms with Crippen molar-refractivity contribution in [3.63, 3.8) is 0 Å². The number of carbonyl (C=O) groups is 1. The number of aromatic nitrogens is 1. The molecular weight excluding hydrogens is 318 g/mol. The first-order valence-corrected chi connectivity index (χ1v) is 8.67. The average molecular weight is 334 g/mol. The molecule has 2 aliphatic rings. The zero-order valence-electron chi connectivity index (χ0n) is 11.9. The Balaban J connectivity index is 1.46. The van der Waals surface area contributed by atoms with Gasteiger partial charge in [0.05, 0.1) is 4.88 Å². The van der Waals surface area contributed by atoms with E-state index >= 15 is 0 Å². The number of hydrogen-bond donors (Lipinski definition) is 2. The van der Waals surface area contributed by atoms with Crippen molar-refractivity contribution in [3.8, 4) is 10.4 Å². The van der Waals surface area contributed by atoms with Gasteiger partial charge in [0.15, 0.2) is 0 Å². The van der Waals surface area contributed by atoms with E-state index in [0.29, 0.717) is 17.2 Å². The Labute approximate surface area is 137 Å². The van der Waals surface area contributed by atoms with Crippen LogP contribution < -0.4 is 10.6 Å². The Morgan fingerprint density at radius 2 is 2.23 bits per heavy atom. The van der Waals surface area contributed by atoms with Crippen LogP contribution >= 0.6 is 22.9 Å². The maximum absolute atomic E-state index is 12.4. The number of halogens is 1. The third-order valence-electron chi connectivity index (χ3n) is 4.46. The summed E-state index contributed by atoms with van der Waals surface area (Å²) < 4.78 is 0. The van der Waals surface area contributed by atoms with Gasteiger partial charge in [-0.05, 0) is 43.5 Å². The predicted octanol–water partition coefficient (Wildman–Crippen LogP) is 3.09. The first-order valence-electron chi connectivity index (χ1n) is 7.48. The first-order chi connectivity index (χ1) is 10.7. The van der Waals surface area contributed by atoms with Crippen molar-refractivity contribution >= 4 is 28.8 Å². The zero-order valence-corrected chi connectivity index (χ0v) is 13.5. The van der Waals surface area contributed by atoms with Crippen LogP contribution in [0.25, 0.3) is 10.4 Å². The summed E-state index contributed by atoms with van der Waals surface area (Å²) in [6.45, 7) is 0. The highest BCUT2D eigenvalue weighted by molar-refractivity contribution is 7.17. The molecule has 2 bridgehead atoms. The quantitative estimate of drug-likeness (QED) is 0.849. The molecule has 3 atom stereocenters. The number of thiophene rings is 1. The number of nitrogens with zero attached hydrogens (tertiary/aromatic N) is 1. The SMILES string of the molecule is O=C(NC1CC2CCC1N2)c1ccc(-c2ccc(Cl)nc2)s1. The zero-order chi connectivity index (χ0) is 15.1. The van der Waals surface area contributed by atoms with E-state index in [-0.39, 0.29) is 11.9 Å². The van der Waals surface area contributed by atoms with E-state index in [1.807, 2.05) is 18.2 Å². The fraction of sp³-hybridized carbons (Fsp3) is 0.375. The lowest BCUT2D eigenvalue weighted by atomic mass is 9.95. The molecule has 1 amide bonds. The molecule has 0 spiro atoms. The average Bonchev–Trinajstić information content (AvgIpc) is 3.24. The van der Waals surface area contributed by atoms with Gasteiger partial charge in [-0.3, -0.25) is 4.79 Å². The molecule has 2 saturated heterocycles. The molecule has 4 heterocycles. The summed E-state index contributed by atoms with van der Waals surface area (Å²) in [5, 5.41) is 7.19. The largest absolute Gasteiger partial charge is 0.347 e. The van der Waals surface area contributed by atoms with Crippen LogP contribution in [0.4, 0.5) is 0 Å². The minimum Gasteiger partial charge on any atom is -0.347 e. The molecule has 0 aliphatic carbocycles. The fourth-order valence-electron chi connectivity index (χ4n) is 3.36. The number of hydrogen-bond acceptors (Lipinski definition) is 4. The molecular formula is C16H16ClN3OS. The number of rotatable bonds is 3. The monoisotopic (exact) mass is 333 g/mol. The van der Waals surface area contributed by atoms with Gasteiger partial charge in [-0.15, -0.1) is 11.3 Å². The van der Waals surface area contributed by atoms with Crippen molar-refractivity contribution in [2.75, 3.05) is 0 Å². The second kappa shape index (κ2) is 5.65. The second-order valence-corrected chi connectivity index (χ2v) is 7.37. The Morgan fingerprint density at radius 3 is 2.91 bits per heavy atom. The van der Waals surface area contributed by atoms with Crippen LogP contribution in [-0.4, -0.2) is 29.0 Å². The maximum Gasteiger partial charge on any atom is 0.261 e. The first kappa shape index (κ1) is 14.2. The molecule has 2 aromatic heterocycles. The molecule has 0 radical (unpaired) electrons. The van der Waals surface area contributed by atoms with Crippen molar-refractivity contribution in [2.45, 2.75) is 37.4 Å². The Bertz CT molecular complexity index is 700. The van der Waals surface area contributed by atoms with Gasteiger partial charge in [-0.1, -0.05) is 11.6 Å². The fourth-order valence-corrected chi connectivity index (χ4v) is 4.37. The van der Waals surface area contributed by atoms with Crippen LogP contribution in [0.15, 0.2) is 30.5 Å². The Kier molecular flexibility index (Phi) is 3.64. The van der Waals surface area contributed by atoms with Crippen molar-refractivity contribution < 1.29 is 4.79 Å². The van der Waals surface area contributed by atoms with Gasteiger partial charge in [0, 0.05) is 34.8 Å². The topological polar surface area (TPSA) is 54.0 Å². The van der Waals surface area contributed by atoms with Crippen LogP contribution in [0, 0.1) is 0 Å². The van der Waals surface area contributed by atoms with Crippen LogP contribution in [-0.2, 0) is 0 Å². The molecule has 6 heteroatoms. The van der Waals surface area contributed by atoms with E-state index in [0.717, 1.165) is 21.7 Å². The second-order valence-electron chi connectivity index (χ2n) is 5.90. The standard InChI is InChI=1S/C16H16ClN3OS/c17-15-6-1-9(8-18-15)13-4-5-14(22-13)16(21)20-12-7-10-2-3-11(12)19-10/h1,4-6,8,10-12,19H,2-3,7H2,(H,20,21). The number of amides is 1. The van der Waals surface area contributed by atoms with Gasteiger partial charge in [0.2, 0.25) is 0 Å². The van der Waals surface area contributed by atoms with E-state index in [1.165, 1.54) is 24.2 Å². The highest BCUT2D eigenvalue weighted by Gasteiger charge is 2.39. The van der Waals surface area contributed by atoms with E-state index in [2.05, 4.69) is 15.6 Å². The molecule has 2 aromatic rings. The summed E-state index contributed by atoms with van der Waals surface area (Å²) in [6, 6.07) is 8.84. The molecule has 4 rings (SSSR count). The van der Waals surface area contributed by atoms with E-state index in [9.17, 15) is 4.79 Å². The normalized spacial score (nSPS) is 26.3. The molecule has 2 N–H and O–H groups in total. The van der Waals surface area contributed by atoms with Crippen LogP contribution in [0.5, 0.6) is 0 Å². The Morgan fingerprint density at radius 1 is 1.32 bits per heavy atom. The molecule has 22 heavy (non-hydrogen) atoms. The molecule has 114 valence electrons. The lowest BCUT2D eigenvalue weighted by Gasteiger charge is -2.20. The van der Waals surface area contributed by atoms with Crippen molar-refractivity contribution in [1.29, 1.82) is 0 Å². The van der Waals surface area contributed by atoms with Crippen molar-refractivity contribution in [2.24, 2.45) is 0 Å². The summed E-state index contributed by atoms with van der Waals surface area (Å²) in [7, 11) is 0. The minimum absolute atomic E-state index is 0.0255. The summed E-state index contributed by atoms with van der Waals surface area (Å²) in [6.07, 6.45) is 5.19. The summed E-state index contributed by atoms with van der Waals surface area (Å²) in [5.74, 6) is 0.0255. The number of pyridine rings is 1. The van der Waals surface area contributed by atoms with Gasteiger partial charge in [-0.25, -0.2) is 4.98 Å².